The standard InChI is InChI=1S/C20H26N4OS.HI/c1-21-20(23-14-15-26-18-10-6-3-7-11-18)24-16-19(25)22-13-12-17-8-4-2-5-9-17;/h2-11H,12-16H2,1H3,(H,22,25)(H2,21,23,24);1H. The van der Waals surface area contributed by atoms with Crippen molar-refractivity contribution >= 4 is 47.6 Å². The van der Waals surface area contributed by atoms with Gasteiger partial charge in [0.25, 0.3) is 0 Å². The number of guanidine groups is 1. The predicted molar refractivity (Wildman–Crippen MR) is 125 cm³/mol. The summed E-state index contributed by atoms with van der Waals surface area (Å²) in [6.07, 6.45) is 0.830. The minimum atomic E-state index is -0.0393. The second-order valence-corrected chi connectivity index (χ2v) is 6.77. The Balaban J connectivity index is 0.00000364. The van der Waals surface area contributed by atoms with Gasteiger partial charge < -0.3 is 16.0 Å². The molecule has 0 atom stereocenters. The Kier molecular flexibility index (Phi) is 12.4. The van der Waals surface area contributed by atoms with Crippen molar-refractivity contribution in [1.29, 1.82) is 0 Å². The van der Waals surface area contributed by atoms with Crippen LogP contribution in [-0.4, -0.2) is 44.3 Å². The first-order chi connectivity index (χ1) is 12.8. The molecule has 2 rings (SSSR count). The highest BCUT2D eigenvalue weighted by Gasteiger charge is 2.03. The third-order valence-corrected chi connectivity index (χ3v) is 4.64. The van der Waals surface area contributed by atoms with Gasteiger partial charge in [-0.05, 0) is 24.1 Å². The maximum Gasteiger partial charge on any atom is 0.239 e. The number of carbonyl (C=O) groups is 1. The molecular formula is C20H27IN4OS. The fourth-order valence-corrected chi connectivity index (χ4v) is 3.08. The number of hydrogen-bond donors (Lipinski definition) is 3. The molecule has 1 amide bonds. The Morgan fingerprint density at radius 1 is 0.926 bits per heavy atom. The summed E-state index contributed by atoms with van der Waals surface area (Å²) in [7, 11) is 1.70. The highest BCUT2D eigenvalue weighted by atomic mass is 127. The van der Waals surface area contributed by atoms with Crippen LogP contribution in [0, 0.1) is 0 Å². The summed E-state index contributed by atoms with van der Waals surface area (Å²) < 4.78 is 0. The summed E-state index contributed by atoms with van der Waals surface area (Å²) in [6, 6.07) is 20.4. The number of halogens is 1. The number of thioether (sulfide) groups is 1. The summed E-state index contributed by atoms with van der Waals surface area (Å²) in [6.45, 7) is 1.61. The number of amides is 1. The van der Waals surface area contributed by atoms with Crippen LogP contribution >= 0.6 is 35.7 Å². The number of aliphatic imine (C=N–C) groups is 1. The molecule has 0 fully saturated rings. The summed E-state index contributed by atoms with van der Waals surface area (Å²) in [5.41, 5.74) is 1.22. The number of carbonyl (C=O) groups excluding carboxylic acids is 1. The van der Waals surface area contributed by atoms with Gasteiger partial charge >= 0.3 is 0 Å². The molecule has 0 aliphatic heterocycles. The van der Waals surface area contributed by atoms with E-state index in [-0.39, 0.29) is 36.4 Å². The molecule has 0 radical (unpaired) electrons. The average molecular weight is 498 g/mol. The molecule has 0 aliphatic carbocycles. The molecule has 0 heterocycles. The van der Waals surface area contributed by atoms with Gasteiger partial charge in [0.15, 0.2) is 5.96 Å². The van der Waals surface area contributed by atoms with Crippen molar-refractivity contribution in [2.24, 2.45) is 4.99 Å². The first-order valence-corrected chi connectivity index (χ1v) is 9.69. The number of hydrogen-bond acceptors (Lipinski definition) is 3. The molecule has 27 heavy (non-hydrogen) atoms. The molecule has 0 bridgehead atoms. The van der Waals surface area contributed by atoms with E-state index >= 15 is 0 Å². The van der Waals surface area contributed by atoms with Gasteiger partial charge in [-0.25, -0.2) is 0 Å². The van der Waals surface area contributed by atoms with Crippen molar-refractivity contribution in [1.82, 2.24) is 16.0 Å². The molecule has 0 saturated heterocycles. The lowest BCUT2D eigenvalue weighted by Gasteiger charge is -2.12. The third kappa shape index (κ3) is 10.2. The van der Waals surface area contributed by atoms with E-state index in [0.717, 1.165) is 18.7 Å². The monoisotopic (exact) mass is 498 g/mol. The van der Waals surface area contributed by atoms with E-state index in [1.165, 1.54) is 10.5 Å². The van der Waals surface area contributed by atoms with E-state index in [1.54, 1.807) is 18.8 Å². The summed E-state index contributed by atoms with van der Waals surface area (Å²) in [5, 5.41) is 9.16. The molecule has 146 valence electrons. The van der Waals surface area contributed by atoms with Gasteiger partial charge in [-0.15, -0.1) is 35.7 Å². The Hall–Kier alpha value is -1.74. The number of nitrogens with one attached hydrogen (secondary N) is 3. The van der Waals surface area contributed by atoms with E-state index in [9.17, 15) is 4.79 Å². The molecule has 3 N–H and O–H groups in total. The summed E-state index contributed by atoms with van der Waals surface area (Å²) in [5.74, 6) is 1.52. The topological polar surface area (TPSA) is 65.5 Å². The molecule has 0 aliphatic rings. The van der Waals surface area contributed by atoms with E-state index in [4.69, 9.17) is 0 Å². The SMILES string of the molecule is CN=C(NCCSc1ccccc1)NCC(=O)NCCc1ccccc1.I. The normalized spacial score (nSPS) is 10.6. The van der Waals surface area contributed by atoms with E-state index in [1.807, 2.05) is 36.4 Å². The number of rotatable bonds is 9. The maximum atomic E-state index is 11.9. The van der Waals surface area contributed by atoms with Gasteiger partial charge in [0, 0.05) is 30.8 Å². The second kappa shape index (κ2) is 14.3. The molecule has 0 saturated carbocycles. The maximum absolute atomic E-state index is 11.9. The molecule has 5 nitrogen and oxygen atoms in total. The molecule has 0 unspecified atom stereocenters. The zero-order valence-corrected chi connectivity index (χ0v) is 18.6. The second-order valence-electron chi connectivity index (χ2n) is 5.60. The minimum absolute atomic E-state index is 0. The first-order valence-electron chi connectivity index (χ1n) is 8.71. The summed E-state index contributed by atoms with van der Waals surface area (Å²) in [4.78, 5) is 17.3. The Morgan fingerprint density at radius 3 is 2.26 bits per heavy atom. The molecule has 2 aromatic carbocycles. The molecule has 2 aromatic rings. The van der Waals surface area contributed by atoms with Crippen LogP contribution in [0.4, 0.5) is 0 Å². The van der Waals surface area contributed by atoms with Crippen LogP contribution in [-0.2, 0) is 11.2 Å². The highest BCUT2D eigenvalue weighted by molar-refractivity contribution is 14.0. The Morgan fingerprint density at radius 2 is 1.59 bits per heavy atom. The number of benzene rings is 2. The lowest BCUT2D eigenvalue weighted by atomic mass is 10.1. The Bertz CT molecular complexity index is 683. The van der Waals surface area contributed by atoms with E-state index in [2.05, 4.69) is 45.2 Å². The van der Waals surface area contributed by atoms with Gasteiger partial charge in [-0.1, -0.05) is 48.5 Å². The molecular weight excluding hydrogens is 471 g/mol. The van der Waals surface area contributed by atoms with E-state index < -0.39 is 0 Å². The zero-order chi connectivity index (χ0) is 18.5. The largest absolute Gasteiger partial charge is 0.356 e. The lowest BCUT2D eigenvalue weighted by molar-refractivity contribution is -0.119. The van der Waals surface area contributed by atoms with Crippen LogP contribution in [0.25, 0.3) is 0 Å². The molecule has 0 aromatic heterocycles. The fraction of sp³-hybridized carbons (Fsp3) is 0.300. The minimum Gasteiger partial charge on any atom is -0.356 e. The molecule has 0 spiro atoms. The van der Waals surface area contributed by atoms with Crippen molar-refractivity contribution in [2.45, 2.75) is 11.3 Å². The van der Waals surface area contributed by atoms with Crippen LogP contribution in [0.15, 0.2) is 70.6 Å². The predicted octanol–water partition coefficient (Wildman–Crippen LogP) is 2.92. The first kappa shape index (κ1) is 23.3. The van der Waals surface area contributed by atoms with Crippen molar-refractivity contribution in [3.63, 3.8) is 0 Å². The van der Waals surface area contributed by atoms with Gasteiger partial charge in [0.2, 0.25) is 5.91 Å². The quantitative estimate of drug-likeness (QED) is 0.164. The highest BCUT2D eigenvalue weighted by Crippen LogP contribution is 2.15. The van der Waals surface area contributed by atoms with Crippen molar-refractivity contribution in [3.8, 4) is 0 Å². The van der Waals surface area contributed by atoms with Crippen LogP contribution in [0.2, 0.25) is 0 Å². The molecule has 7 heteroatoms. The van der Waals surface area contributed by atoms with Gasteiger partial charge in [0.05, 0.1) is 6.54 Å². The smallest absolute Gasteiger partial charge is 0.239 e. The van der Waals surface area contributed by atoms with Crippen LogP contribution in [0.5, 0.6) is 0 Å². The zero-order valence-electron chi connectivity index (χ0n) is 15.5. The average Bonchev–Trinajstić information content (AvgIpc) is 2.69. The van der Waals surface area contributed by atoms with Gasteiger partial charge in [-0.3, -0.25) is 9.79 Å². The summed E-state index contributed by atoms with van der Waals surface area (Å²) >= 11 is 1.78. The van der Waals surface area contributed by atoms with Crippen LogP contribution in [0.1, 0.15) is 5.56 Å². The Labute approximate surface area is 182 Å². The fourth-order valence-electron chi connectivity index (χ4n) is 2.29. The van der Waals surface area contributed by atoms with E-state index in [0.29, 0.717) is 12.5 Å². The van der Waals surface area contributed by atoms with Crippen molar-refractivity contribution in [2.75, 3.05) is 32.4 Å². The van der Waals surface area contributed by atoms with Gasteiger partial charge in [-0.2, -0.15) is 0 Å². The number of nitrogens with zero attached hydrogens (tertiary/aromatic N) is 1. The van der Waals surface area contributed by atoms with Crippen molar-refractivity contribution < 1.29 is 4.79 Å². The van der Waals surface area contributed by atoms with Crippen LogP contribution in [0.3, 0.4) is 0 Å². The van der Waals surface area contributed by atoms with Gasteiger partial charge in [0.1, 0.15) is 0 Å². The van der Waals surface area contributed by atoms with Crippen LogP contribution < -0.4 is 16.0 Å². The lowest BCUT2D eigenvalue weighted by Crippen LogP contribution is -2.44. The third-order valence-electron chi connectivity index (χ3n) is 3.63. The van der Waals surface area contributed by atoms with Crippen molar-refractivity contribution in [3.05, 3.63) is 66.2 Å².